The quantitative estimate of drug-likeness (QED) is 0.471. The second-order valence-corrected chi connectivity index (χ2v) is 6.60. The Hall–Kier alpha value is -2.40. The Morgan fingerprint density at radius 1 is 1.12 bits per heavy atom. The number of carbonyl (C=O) groups excluding carboxylic acids is 1. The maximum Gasteiger partial charge on any atom is 0.269 e. The Morgan fingerprint density at radius 2 is 1.79 bits per heavy atom. The number of carbonyl (C=O) groups is 1. The summed E-state index contributed by atoms with van der Waals surface area (Å²) in [5.74, 6) is -0.261. The molecule has 0 bridgehead atoms. The zero-order valence-corrected chi connectivity index (χ0v) is 14.1. The summed E-state index contributed by atoms with van der Waals surface area (Å²) in [6.45, 7) is 3.93. The number of amides is 1. The van der Waals surface area contributed by atoms with Gasteiger partial charge in [0.25, 0.3) is 5.69 Å². The van der Waals surface area contributed by atoms with E-state index in [-0.39, 0.29) is 29.6 Å². The van der Waals surface area contributed by atoms with Gasteiger partial charge in [-0.05, 0) is 37.1 Å². The molecule has 1 fully saturated rings. The molecule has 0 N–H and O–H groups in total. The summed E-state index contributed by atoms with van der Waals surface area (Å²) in [4.78, 5) is 24.9. The maximum absolute atomic E-state index is 12.6. The highest BCUT2D eigenvalue weighted by Crippen LogP contribution is 2.48. The van der Waals surface area contributed by atoms with Crippen molar-refractivity contribution >= 4 is 23.2 Å². The van der Waals surface area contributed by atoms with Gasteiger partial charge in [-0.15, -0.1) is 0 Å². The molecule has 1 saturated heterocycles. The summed E-state index contributed by atoms with van der Waals surface area (Å²) >= 11 is 6.07. The summed E-state index contributed by atoms with van der Waals surface area (Å²) in [6, 6.07) is 13.6. The van der Waals surface area contributed by atoms with Crippen molar-refractivity contribution in [3.8, 4) is 0 Å². The van der Waals surface area contributed by atoms with Crippen LogP contribution < -0.4 is 0 Å². The molecule has 1 aliphatic rings. The maximum atomic E-state index is 12.6. The summed E-state index contributed by atoms with van der Waals surface area (Å²) in [5.41, 5.74) is 1.80. The van der Waals surface area contributed by atoms with Gasteiger partial charge >= 0.3 is 0 Å². The number of rotatable bonds is 4. The van der Waals surface area contributed by atoms with Crippen molar-refractivity contribution in [2.45, 2.75) is 31.8 Å². The van der Waals surface area contributed by atoms with E-state index in [0.717, 1.165) is 11.1 Å². The minimum Gasteiger partial charge on any atom is -0.331 e. The van der Waals surface area contributed by atoms with Gasteiger partial charge in [0.15, 0.2) is 0 Å². The minimum absolute atomic E-state index is 0.0415. The zero-order chi connectivity index (χ0) is 17.4. The lowest BCUT2D eigenvalue weighted by Gasteiger charge is -2.50. The molecule has 1 aliphatic heterocycles. The largest absolute Gasteiger partial charge is 0.331 e. The highest BCUT2D eigenvalue weighted by Gasteiger charge is 2.49. The molecule has 1 heterocycles. The van der Waals surface area contributed by atoms with E-state index in [1.165, 1.54) is 12.1 Å². The van der Waals surface area contributed by atoms with E-state index in [9.17, 15) is 14.9 Å². The van der Waals surface area contributed by atoms with Crippen molar-refractivity contribution in [2.24, 2.45) is 0 Å². The average molecular weight is 345 g/mol. The highest BCUT2D eigenvalue weighted by atomic mass is 35.5. The standard InChI is InChI=1S/C18H17ClN2O3/c1-11(2)20-17(12-6-8-15(9-7-12)21(23)24)16(18(20)22)13-4-3-5-14(19)10-13/h3-11,16-17H,1-2H3/t16-,17-/m0/s1. The zero-order valence-electron chi connectivity index (χ0n) is 13.3. The Kier molecular flexibility index (Phi) is 4.28. The molecule has 0 spiro atoms. The van der Waals surface area contributed by atoms with Gasteiger partial charge in [-0.25, -0.2) is 0 Å². The van der Waals surface area contributed by atoms with Crippen molar-refractivity contribution in [1.29, 1.82) is 0 Å². The van der Waals surface area contributed by atoms with Crippen LogP contribution in [-0.4, -0.2) is 21.8 Å². The Balaban J connectivity index is 1.99. The number of benzene rings is 2. The molecule has 0 aliphatic carbocycles. The molecule has 0 unspecified atom stereocenters. The topological polar surface area (TPSA) is 63.5 Å². The van der Waals surface area contributed by atoms with E-state index in [0.29, 0.717) is 5.02 Å². The fraction of sp³-hybridized carbons (Fsp3) is 0.278. The van der Waals surface area contributed by atoms with Crippen molar-refractivity contribution in [2.75, 3.05) is 0 Å². The van der Waals surface area contributed by atoms with E-state index in [1.54, 1.807) is 24.3 Å². The molecule has 1 amide bonds. The molecule has 2 aromatic carbocycles. The number of hydrogen-bond acceptors (Lipinski definition) is 3. The smallest absolute Gasteiger partial charge is 0.269 e. The predicted molar refractivity (Wildman–Crippen MR) is 92.0 cm³/mol. The second-order valence-electron chi connectivity index (χ2n) is 6.17. The number of likely N-dealkylation sites (tertiary alicyclic amines) is 1. The van der Waals surface area contributed by atoms with Crippen LogP contribution in [0.25, 0.3) is 0 Å². The van der Waals surface area contributed by atoms with Gasteiger partial charge in [0.1, 0.15) is 0 Å². The molecule has 0 radical (unpaired) electrons. The van der Waals surface area contributed by atoms with Crippen molar-refractivity contribution in [3.63, 3.8) is 0 Å². The molecule has 2 atom stereocenters. The third-order valence-corrected chi connectivity index (χ3v) is 4.58. The third kappa shape index (κ3) is 2.76. The molecule has 24 heavy (non-hydrogen) atoms. The number of hydrogen-bond donors (Lipinski definition) is 0. The van der Waals surface area contributed by atoms with Gasteiger partial charge in [0.2, 0.25) is 5.91 Å². The SMILES string of the molecule is CC(C)N1C(=O)[C@@H](c2cccc(Cl)c2)[C@@H]1c1ccc([N+](=O)[O-])cc1. The summed E-state index contributed by atoms with van der Waals surface area (Å²) in [7, 11) is 0. The number of β-lactam (4-membered cyclic amide) rings is 1. The van der Waals surface area contributed by atoms with Crippen LogP contribution in [0.15, 0.2) is 48.5 Å². The van der Waals surface area contributed by atoms with Crippen LogP contribution in [0, 0.1) is 10.1 Å². The first-order valence-corrected chi connectivity index (χ1v) is 8.10. The first-order chi connectivity index (χ1) is 11.4. The Bertz CT molecular complexity index is 789. The fourth-order valence-corrected chi connectivity index (χ4v) is 3.46. The number of nitro groups is 1. The van der Waals surface area contributed by atoms with E-state index >= 15 is 0 Å². The first kappa shape index (κ1) is 16.5. The van der Waals surface area contributed by atoms with Crippen LogP contribution in [0.4, 0.5) is 5.69 Å². The van der Waals surface area contributed by atoms with E-state index in [2.05, 4.69) is 0 Å². The Morgan fingerprint density at radius 3 is 2.33 bits per heavy atom. The van der Waals surface area contributed by atoms with Crippen LogP contribution in [0.1, 0.15) is 36.9 Å². The van der Waals surface area contributed by atoms with Crippen molar-refractivity contribution in [1.82, 2.24) is 4.90 Å². The lowest BCUT2D eigenvalue weighted by Crippen LogP contribution is -2.56. The molecule has 124 valence electrons. The minimum atomic E-state index is -0.426. The molecular formula is C18H17ClN2O3. The van der Waals surface area contributed by atoms with E-state index in [4.69, 9.17) is 11.6 Å². The summed E-state index contributed by atoms with van der Waals surface area (Å²) in [5, 5.41) is 11.4. The average Bonchev–Trinajstić information content (AvgIpc) is 2.52. The molecular weight excluding hydrogens is 328 g/mol. The lowest BCUT2D eigenvalue weighted by molar-refractivity contribution is -0.384. The van der Waals surface area contributed by atoms with E-state index < -0.39 is 4.92 Å². The summed E-state index contributed by atoms with van der Waals surface area (Å²) in [6.07, 6.45) is 0. The van der Waals surface area contributed by atoms with Crippen LogP contribution >= 0.6 is 11.6 Å². The van der Waals surface area contributed by atoms with Crippen LogP contribution in [-0.2, 0) is 4.79 Å². The molecule has 5 nitrogen and oxygen atoms in total. The predicted octanol–water partition coefficient (Wildman–Crippen LogP) is 4.32. The molecule has 0 aromatic heterocycles. The van der Waals surface area contributed by atoms with Gasteiger partial charge in [-0.2, -0.15) is 0 Å². The fourth-order valence-electron chi connectivity index (χ4n) is 3.26. The number of nitrogens with zero attached hydrogens (tertiary/aromatic N) is 2. The normalized spacial score (nSPS) is 20.2. The Labute approximate surface area is 145 Å². The van der Waals surface area contributed by atoms with Crippen LogP contribution in [0.3, 0.4) is 0 Å². The lowest BCUT2D eigenvalue weighted by atomic mass is 9.77. The number of halogens is 1. The molecule has 0 saturated carbocycles. The van der Waals surface area contributed by atoms with Crippen LogP contribution in [0.5, 0.6) is 0 Å². The van der Waals surface area contributed by atoms with Gasteiger partial charge in [0.05, 0.1) is 16.9 Å². The molecule has 3 rings (SSSR count). The monoisotopic (exact) mass is 344 g/mol. The van der Waals surface area contributed by atoms with E-state index in [1.807, 2.05) is 30.9 Å². The van der Waals surface area contributed by atoms with Crippen molar-refractivity contribution in [3.05, 3.63) is 74.8 Å². The van der Waals surface area contributed by atoms with Gasteiger partial charge in [-0.3, -0.25) is 14.9 Å². The third-order valence-electron chi connectivity index (χ3n) is 4.35. The second kappa shape index (κ2) is 6.24. The van der Waals surface area contributed by atoms with Crippen molar-refractivity contribution < 1.29 is 9.72 Å². The first-order valence-electron chi connectivity index (χ1n) is 7.72. The molecule has 2 aromatic rings. The van der Waals surface area contributed by atoms with Gasteiger partial charge in [0, 0.05) is 23.2 Å². The highest BCUT2D eigenvalue weighted by molar-refractivity contribution is 6.30. The number of non-ortho nitro benzene ring substituents is 1. The molecule has 6 heteroatoms. The number of nitro benzene ring substituents is 1. The van der Waals surface area contributed by atoms with Gasteiger partial charge in [-0.1, -0.05) is 35.9 Å². The van der Waals surface area contributed by atoms with Gasteiger partial charge < -0.3 is 4.90 Å². The van der Waals surface area contributed by atoms with Crippen LogP contribution in [0.2, 0.25) is 5.02 Å². The summed E-state index contributed by atoms with van der Waals surface area (Å²) < 4.78 is 0.